The quantitative estimate of drug-likeness (QED) is 0.857. The van der Waals surface area contributed by atoms with Crippen LogP contribution in [0, 0.1) is 0 Å². The van der Waals surface area contributed by atoms with Gasteiger partial charge in [0.05, 0.1) is 6.54 Å². The van der Waals surface area contributed by atoms with Crippen LogP contribution in [0.3, 0.4) is 0 Å². The first kappa shape index (κ1) is 11.0. The minimum atomic E-state index is 0.543. The predicted octanol–water partition coefficient (Wildman–Crippen LogP) is 0.876. The molecule has 0 aliphatic rings. The number of hydrogen-bond donors (Lipinski definition) is 1. The fourth-order valence-corrected chi connectivity index (χ4v) is 1.54. The van der Waals surface area contributed by atoms with E-state index in [0.29, 0.717) is 19.5 Å². The molecule has 0 radical (unpaired) electrons. The molecule has 1 aromatic heterocycles. The lowest BCUT2D eigenvalue weighted by Gasteiger charge is -2.03. The molecular formula is C10H12ClN5. The third-order valence-corrected chi connectivity index (χ3v) is 2.47. The molecule has 16 heavy (non-hydrogen) atoms. The summed E-state index contributed by atoms with van der Waals surface area (Å²) in [5.41, 5.74) is 6.58. The summed E-state index contributed by atoms with van der Waals surface area (Å²) >= 11 is 5.81. The van der Waals surface area contributed by atoms with Crippen LogP contribution in [0.5, 0.6) is 0 Å². The molecule has 0 saturated carbocycles. The van der Waals surface area contributed by atoms with Crippen molar-refractivity contribution in [3.05, 3.63) is 40.7 Å². The number of rotatable bonds is 4. The first-order valence-corrected chi connectivity index (χ1v) is 5.37. The van der Waals surface area contributed by atoms with Crippen LogP contribution in [0.4, 0.5) is 0 Å². The Morgan fingerprint density at radius 3 is 2.69 bits per heavy atom. The Balaban J connectivity index is 2.13. The SMILES string of the molecule is NCCc1nnnn1Cc1ccc(Cl)cc1. The summed E-state index contributed by atoms with van der Waals surface area (Å²) < 4.78 is 1.75. The van der Waals surface area contributed by atoms with E-state index in [4.69, 9.17) is 17.3 Å². The molecule has 0 fully saturated rings. The number of nitrogens with two attached hydrogens (primary N) is 1. The summed E-state index contributed by atoms with van der Waals surface area (Å²) in [5.74, 6) is 0.803. The van der Waals surface area contributed by atoms with Crippen LogP contribution in [0.25, 0.3) is 0 Å². The van der Waals surface area contributed by atoms with E-state index < -0.39 is 0 Å². The van der Waals surface area contributed by atoms with Crippen LogP contribution in [0.15, 0.2) is 24.3 Å². The van der Waals surface area contributed by atoms with E-state index in [9.17, 15) is 0 Å². The van der Waals surface area contributed by atoms with Crippen molar-refractivity contribution in [2.24, 2.45) is 5.73 Å². The van der Waals surface area contributed by atoms with Crippen molar-refractivity contribution in [1.82, 2.24) is 20.2 Å². The molecule has 1 heterocycles. The van der Waals surface area contributed by atoms with Crippen LogP contribution in [-0.4, -0.2) is 26.8 Å². The van der Waals surface area contributed by atoms with Gasteiger partial charge in [-0.3, -0.25) is 0 Å². The molecule has 0 amide bonds. The lowest BCUT2D eigenvalue weighted by Crippen LogP contribution is -2.11. The zero-order valence-electron chi connectivity index (χ0n) is 8.67. The van der Waals surface area contributed by atoms with Gasteiger partial charge < -0.3 is 5.73 Å². The van der Waals surface area contributed by atoms with Crippen LogP contribution >= 0.6 is 11.6 Å². The van der Waals surface area contributed by atoms with Crippen molar-refractivity contribution in [3.8, 4) is 0 Å². The molecule has 0 spiro atoms. The zero-order chi connectivity index (χ0) is 11.4. The molecule has 0 saturated heterocycles. The van der Waals surface area contributed by atoms with Crippen LogP contribution < -0.4 is 5.73 Å². The predicted molar refractivity (Wildman–Crippen MR) is 61.1 cm³/mol. The molecule has 2 N–H and O–H groups in total. The fraction of sp³-hybridized carbons (Fsp3) is 0.300. The van der Waals surface area contributed by atoms with Crippen molar-refractivity contribution in [2.45, 2.75) is 13.0 Å². The van der Waals surface area contributed by atoms with E-state index in [1.54, 1.807) is 4.68 Å². The average Bonchev–Trinajstić information content (AvgIpc) is 2.70. The molecule has 1 aromatic carbocycles. The number of nitrogens with zero attached hydrogens (tertiary/aromatic N) is 4. The summed E-state index contributed by atoms with van der Waals surface area (Å²) in [5, 5.41) is 12.2. The van der Waals surface area contributed by atoms with Gasteiger partial charge in [0.25, 0.3) is 0 Å². The fourth-order valence-electron chi connectivity index (χ4n) is 1.42. The van der Waals surface area contributed by atoms with Crippen molar-refractivity contribution in [3.63, 3.8) is 0 Å². The Bertz CT molecular complexity index is 450. The standard InChI is InChI=1S/C10H12ClN5/c11-9-3-1-8(2-4-9)7-16-10(5-6-12)13-14-15-16/h1-4H,5-7,12H2. The van der Waals surface area contributed by atoms with Gasteiger partial charge in [0.15, 0.2) is 5.82 Å². The van der Waals surface area contributed by atoms with Gasteiger partial charge in [0.2, 0.25) is 0 Å². The second-order valence-electron chi connectivity index (χ2n) is 3.42. The van der Waals surface area contributed by atoms with Crippen molar-refractivity contribution in [2.75, 3.05) is 6.54 Å². The second kappa shape index (κ2) is 5.05. The number of hydrogen-bond acceptors (Lipinski definition) is 4. The van der Waals surface area contributed by atoms with Crippen molar-refractivity contribution in [1.29, 1.82) is 0 Å². The van der Waals surface area contributed by atoms with Crippen molar-refractivity contribution < 1.29 is 0 Å². The van der Waals surface area contributed by atoms with E-state index in [2.05, 4.69) is 15.5 Å². The van der Waals surface area contributed by atoms with E-state index >= 15 is 0 Å². The van der Waals surface area contributed by atoms with E-state index in [1.165, 1.54) is 0 Å². The van der Waals surface area contributed by atoms with Crippen LogP contribution in [0.1, 0.15) is 11.4 Å². The van der Waals surface area contributed by atoms with Gasteiger partial charge in [-0.05, 0) is 34.7 Å². The number of tetrazole rings is 1. The first-order valence-electron chi connectivity index (χ1n) is 4.99. The molecule has 2 aromatic rings. The maximum atomic E-state index is 5.81. The third kappa shape index (κ3) is 2.56. The van der Waals surface area contributed by atoms with Gasteiger partial charge in [0, 0.05) is 11.4 Å². The van der Waals surface area contributed by atoms with Gasteiger partial charge >= 0.3 is 0 Å². The zero-order valence-corrected chi connectivity index (χ0v) is 9.43. The first-order chi connectivity index (χ1) is 7.79. The normalized spacial score (nSPS) is 10.6. The molecule has 0 atom stereocenters. The van der Waals surface area contributed by atoms with E-state index in [-0.39, 0.29) is 0 Å². The lowest BCUT2D eigenvalue weighted by molar-refractivity contribution is 0.617. The summed E-state index contributed by atoms with van der Waals surface area (Å²) in [6.07, 6.45) is 0.681. The highest BCUT2D eigenvalue weighted by molar-refractivity contribution is 6.30. The monoisotopic (exact) mass is 237 g/mol. The molecule has 0 aliphatic heterocycles. The molecular weight excluding hydrogens is 226 g/mol. The minimum Gasteiger partial charge on any atom is -0.330 e. The van der Waals surface area contributed by atoms with Crippen LogP contribution in [0.2, 0.25) is 5.02 Å². The maximum Gasteiger partial charge on any atom is 0.152 e. The van der Waals surface area contributed by atoms with Gasteiger partial charge in [-0.25, -0.2) is 4.68 Å². The molecule has 0 aliphatic carbocycles. The Labute approximate surface area is 98.2 Å². The highest BCUT2D eigenvalue weighted by Gasteiger charge is 2.05. The average molecular weight is 238 g/mol. The van der Waals surface area contributed by atoms with Crippen LogP contribution in [-0.2, 0) is 13.0 Å². The largest absolute Gasteiger partial charge is 0.330 e. The number of aromatic nitrogens is 4. The van der Waals surface area contributed by atoms with Crippen molar-refractivity contribution >= 4 is 11.6 Å². The molecule has 84 valence electrons. The van der Waals surface area contributed by atoms with E-state index in [1.807, 2.05) is 24.3 Å². The third-order valence-electron chi connectivity index (χ3n) is 2.22. The Kier molecular flexibility index (Phi) is 3.48. The summed E-state index contributed by atoms with van der Waals surface area (Å²) in [4.78, 5) is 0. The second-order valence-corrected chi connectivity index (χ2v) is 3.85. The Morgan fingerprint density at radius 1 is 1.25 bits per heavy atom. The van der Waals surface area contributed by atoms with Gasteiger partial charge in [-0.15, -0.1) is 5.10 Å². The highest BCUT2D eigenvalue weighted by Crippen LogP contribution is 2.10. The molecule has 2 rings (SSSR count). The Morgan fingerprint density at radius 2 is 2.00 bits per heavy atom. The summed E-state index contributed by atoms with van der Waals surface area (Å²) in [6.45, 7) is 1.18. The lowest BCUT2D eigenvalue weighted by atomic mass is 10.2. The summed E-state index contributed by atoms with van der Waals surface area (Å²) in [6, 6.07) is 7.61. The molecule has 5 nitrogen and oxygen atoms in total. The molecule has 6 heteroatoms. The highest BCUT2D eigenvalue weighted by atomic mass is 35.5. The molecule has 0 bridgehead atoms. The van der Waals surface area contributed by atoms with Gasteiger partial charge in [-0.2, -0.15) is 0 Å². The minimum absolute atomic E-state index is 0.543. The summed E-state index contributed by atoms with van der Waals surface area (Å²) in [7, 11) is 0. The number of benzene rings is 1. The molecule has 0 unspecified atom stereocenters. The smallest absolute Gasteiger partial charge is 0.152 e. The Hall–Kier alpha value is -1.46. The van der Waals surface area contributed by atoms with Gasteiger partial charge in [-0.1, -0.05) is 23.7 Å². The van der Waals surface area contributed by atoms with E-state index in [0.717, 1.165) is 16.4 Å². The topological polar surface area (TPSA) is 69.6 Å². The maximum absolute atomic E-state index is 5.81. The number of halogens is 1. The van der Waals surface area contributed by atoms with Gasteiger partial charge in [0.1, 0.15) is 0 Å².